The molecule has 0 radical (unpaired) electrons. The fourth-order valence-electron chi connectivity index (χ4n) is 1.73. The third kappa shape index (κ3) is 4.77. The Morgan fingerprint density at radius 3 is 2.65 bits per heavy atom. The highest BCUT2D eigenvalue weighted by Crippen LogP contribution is 2.17. The van der Waals surface area contributed by atoms with Gasteiger partial charge in [0.15, 0.2) is 18.2 Å². The van der Waals surface area contributed by atoms with Crippen LogP contribution in [0.4, 0.5) is 8.78 Å². The van der Waals surface area contributed by atoms with E-state index in [2.05, 4.69) is 0 Å². The van der Waals surface area contributed by atoms with E-state index in [4.69, 9.17) is 9.84 Å². The average molecular weight is 287 g/mol. The van der Waals surface area contributed by atoms with Crippen LogP contribution in [0.15, 0.2) is 18.2 Å². The number of halogens is 2. The van der Waals surface area contributed by atoms with Crippen LogP contribution in [0.2, 0.25) is 0 Å². The molecular formula is C14H19F2NO3. The SMILES string of the molecule is CC(C)N(CCCO)C(=O)COc1ccc(F)cc1F. The highest BCUT2D eigenvalue weighted by molar-refractivity contribution is 5.78. The van der Waals surface area contributed by atoms with Crippen molar-refractivity contribution in [2.45, 2.75) is 26.3 Å². The van der Waals surface area contributed by atoms with Crippen LogP contribution < -0.4 is 4.74 Å². The molecule has 0 aliphatic heterocycles. The van der Waals surface area contributed by atoms with Crippen LogP contribution in [0.3, 0.4) is 0 Å². The summed E-state index contributed by atoms with van der Waals surface area (Å²) in [7, 11) is 0. The van der Waals surface area contributed by atoms with E-state index in [0.717, 1.165) is 12.1 Å². The number of hydrogen-bond acceptors (Lipinski definition) is 3. The largest absolute Gasteiger partial charge is 0.481 e. The standard InChI is InChI=1S/C14H19F2NO3/c1-10(2)17(6-3-7-18)14(19)9-20-13-5-4-11(15)8-12(13)16/h4-5,8,10,18H,3,6-7,9H2,1-2H3. The predicted octanol–water partition coefficient (Wildman–Crippen LogP) is 1.96. The topological polar surface area (TPSA) is 49.8 Å². The molecule has 1 rings (SSSR count). The van der Waals surface area contributed by atoms with E-state index in [1.54, 1.807) is 0 Å². The van der Waals surface area contributed by atoms with Crippen molar-refractivity contribution in [2.24, 2.45) is 0 Å². The average Bonchev–Trinajstić information content (AvgIpc) is 2.37. The lowest BCUT2D eigenvalue weighted by molar-refractivity contribution is -0.135. The van der Waals surface area contributed by atoms with Gasteiger partial charge in [-0.15, -0.1) is 0 Å². The lowest BCUT2D eigenvalue weighted by Crippen LogP contribution is -2.40. The van der Waals surface area contributed by atoms with E-state index in [9.17, 15) is 13.6 Å². The monoisotopic (exact) mass is 287 g/mol. The van der Waals surface area contributed by atoms with Gasteiger partial charge in [-0.05, 0) is 32.4 Å². The third-order valence-corrected chi connectivity index (χ3v) is 2.75. The number of amides is 1. The molecule has 1 N–H and O–H groups in total. The molecule has 1 aromatic rings. The maximum Gasteiger partial charge on any atom is 0.260 e. The van der Waals surface area contributed by atoms with Crippen molar-refractivity contribution in [3.8, 4) is 5.75 Å². The van der Waals surface area contributed by atoms with Gasteiger partial charge in [-0.2, -0.15) is 0 Å². The number of nitrogens with zero attached hydrogens (tertiary/aromatic N) is 1. The van der Waals surface area contributed by atoms with Gasteiger partial charge in [0, 0.05) is 25.3 Å². The van der Waals surface area contributed by atoms with Crippen LogP contribution in [-0.4, -0.2) is 41.7 Å². The quantitative estimate of drug-likeness (QED) is 0.834. The van der Waals surface area contributed by atoms with Gasteiger partial charge in [0.05, 0.1) is 0 Å². The van der Waals surface area contributed by atoms with Crippen molar-refractivity contribution in [3.05, 3.63) is 29.8 Å². The summed E-state index contributed by atoms with van der Waals surface area (Å²) in [5, 5.41) is 8.79. The first kappa shape index (κ1) is 16.4. The molecule has 0 spiro atoms. The van der Waals surface area contributed by atoms with E-state index in [1.165, 1.54) is 4.90 Å². The molecule has 0 aromatic heterocycles. The molecule has 112 valence electrons. The molecule has 0 atom stereocenters. The van der Waals surface area contributed by atoms with E-state index in [1.807, 2.05) is 13.8 Å². The molecule has 0 heterocycles. The molecule has 0 fully saturated rings. The molecule has 0 aliphatic rings. The van der Waals surface area contributed by atoms with Gasteiger partial charge in [0.1, 0.15) is 5.82 Å². The predicted molar refractivity (Wildman–Crippen MR) is 70.4 cm³/mol. The second-order valence-corrected chi connectivity index (χ2v) is 4.62. The second-order valence-electron chi connectivity index (χ2n) is 4.62. The summed E-state index contributed by atoms with van der Waals surface area (Å²) in [6.45, 7) is 3.75. The smallest absolute Gasteiger partial charge is 0.260 e. The molecule has 1 aromatic carbocycles. The number of ether oxygens (including phenoxy) is 1. The first-order valence-corrected chi connectivity index (χ1v) is 6.44. The minimum Gasteiger partial charge on any atom is -0.481 e. The summed E-state index contributed by atoms with van der Waals surface area (Å²) >= 11 is 0. The Morgan fingerprint density at radius 1 is 1.40 bits per heavy atom. The van der Waals surface area contributed by atoms with Gasteiger partial charge in [-0.3, -0.25) is 4.79 Å². The molecule has 0 bridgehead atoms. The van der Waals surface area contributed by atoms with E-state index < -0.39 is 11.6 Å². The van der Waals surface area contributed by atoms with Crippen LogP contribution in [0, 0.1) is 11.6 Å². The number of rotatable bonds is 7. The Kier molecular flexibility index (Phi) is 6.38. The minimum atomic E-state index is -0.843. The number of aliphatic hydroxyl groups is 1. The third-order valence-electron chi connectivity index (χ3n) is 2.75. The summed E-state index contributed by atoms with van der Waals surface area (Å²) in [6.07, 6.45) is 0.467. The lowest BCUT2D eigenvalue weighted by atomic mass is 10.3. The van der Waals surface area contributed by atoms with Crippen molar-refractivity contribution in [1.82, 2.24) is 4.90 Å². The van der Waals surface area contributed by atoms with Crippen molar-refractivity contribution in [3.63, 3.8) is 0 Å². The molecule has 0 saturated carbocycles. The Labute approximate surface area is 117 Å². The van der Waals surface area contributed by atoms with E-state index in [0.29, 0.717) is 19.0 Å². The summed E-state index contributed by atoms with van der Waals surface area (Å²) < 4.78 is 31.1. The Bertz CT molecular complexity index is 452. The fourth-order valence-corrected chi connectivity index (χ4v) is 1.73. The first-order chi connectivity index (χ1) is 9.45. The summed E-state index contributed by atoms with van der Waals surface area (Å²) in [6, 6.07) is 2.86. The van der Waals surface area contributed by atoms with Gasteiger partial charge < -0.3 is 14.7 Å². The van der Waals surface area contributed by atoms with Crippen LogP contribution in [0.5, 0.6) is 5.75 Å². The summed E-state index contributed by atoms with van der Waals surface area (Å²) in [4.78, 5) is 13.5. The van der Waals surface area contributed by atoms with Gasteiger partial charge in [0.25, 0.3) is 5.91 Å². The van der Waals surface area contributed by atoms with Gasteiger partial charge >= 0.3 is 0 Å². The van der Waals surface area contributed by atoms with Crippen LogP contribution in [0.1, 0.15) is 20.3 Å². The van der Waals surface area contributed by atoms with Crippen LogP contribution >= 0.6 is 0 Å². The Hall–Kier alpha value is -1.69. The Balaban J connectivity index is 2.60. The number of carbonyl (C=O) groups is 1. The van der Waals surface area contributed by atoms with Gasteiger partial charge in [0.2, 0.25) is 0 Å². The van der Waals surface area contributed by atoms with Crippen molar-refractivity contribution in [2.75, 3.05) is 19.8 Å². The van der Waals surface area contributed by atoms with Crippen LogP contribution in [0.25, 0.3) is 0 Å². The molecule has 6 heteroatoms. The normalized spacial score (nSPS) is 10.7. The zero-order chi connectivity index (χ0) is 15.1. The maximum absolute atomic E-state index is 13.3. The highest BCUT2D eigenvalue weighted by atomic mass is 19.1. The fraction of sp³-hybridized carbons (Fsp3) is 0.500. The number of aliphatic hydroxyl groups excluding tert-OH is 1. The van der Waals surface area contributed by atoms with E-state index in [-0.39, 0.29) is 30.9 Å². The number of hydrogen-bond donors (Lipinski definition) is 1. The molecule has 4 nitrogen and oxygen atoms in total. The number of carbonyl (C=O) groups excluding carboxylic acids is 1. The van der Waals surface area contributed by atoms with Gasteiger partial charge in [-0.1, -0.05) is 0 Å². The summed E-state index contributed by atoms with van der Waals surface area (Å²) in [5.74, 6) is -2.01. The molecular weight excluding hydrogens is 268 g/mol. The zero-order valence-electron chi connectivity index (χ0n) is 11.6. The van der Waals surface area contributed by atoms with Gasteiger partial charge in [-0.25, -0.2) is 8.78 Å². The highest BCUT2D eigenvalue weighted by Gasteiger charge is 2.17. The van der Waals surface area contributed by atoms with E-state index >= 15 is 0 Å². The first-order valence-electron chi connectivity index (χ1n) is 6.44. The van der Waals surface area contributed by atoms with Crippen molar-refractivity contribution >= 4 is 5.91 Å². The molecule has 20 heavy (non-hydrogen) atoms. The van der Waals surface area contributed by atoms with Crippen LogP contribution in [-0.2, 0) is 4.79 Å². The lowest BCUT2D eigenvalue weighted by Gasteiger charge is -2.26. The molecule has 0 aliphatic carbocycles. The molecule has 0 unspecified atom stereocenters. The number of benzene rings is 1. The second kappa shape index (κ2) is 7.79. The summed E-state index contributed by atoms with van der Waals surface area (Å²) in [5.41, 5.74) is 0. The minimum absolute atomic E-state index is 0.00997. The zero-order valence-corrected chi connectivity index (χ0v) is 11.6. The maximum atomic E-state index is 13.3. The molecule has 1 amide bonds. The molecule has 0 saturated heterocycles. The Morgan fingerprint density at radius 2 is 2.10 bits per heavy atom. The van der Waals surface area contributed by atoms with Crippen molar-refractivity contribution < 1.29 is 23.4 Å². The van der Waals surface area contributed by atoms with Crippen molar-refractivity contribution in [1.29, 1.82) is 0 Å².